The predicted octanol–water partition coefficient (Wildman–Crippen LogP) is 2.96. The van der Waals surface area contributed by atoms with Gasteiger partial charge in [0.25, 0.3) is 0 Å². The summed E-state index contributed by atoms with van der Waals surface area (Å²) in [6, 6.07) is 10.3. The van der Waals surface area contributed by atoms with Crippen molar-refractivity contribution in [3.8, 4) is 0 Å². The third-order valence-electron chi connectivity index (χ3n) is 4.88. The number of carbonyl (C=O) groups is 1. The second kappa shape index (κ2) is 6.61. The summed E-state index contributed by atoms with van der Waals surface area (Å²) in [7, 11) is 0. The molecule has 1 amide bonds. The fourth-order valence-electron chi connectivity index (χ4n) is 3.85. The Bertz CT molecular complexity index is 467. The molecule has 0 aromatic heterocycles. The highest BCUT2D eigenvalue weighted by molar-refractivity contribution is 5.84. The number of amides is 1. The average molecular weight is 286 g/mol. The molecule has 3 heteroatoms. The lowest BCUT2D eigenvalue weighted by atomic mass is 10.0. The maximum Gasteiger partial charge on any atom is 0.241 e. The minimum atomic E-state index is -0.0375. The Morgan fingerprint density at radius 2 is 1.90 bits per heavy atom. The van der Waals surface area contributed by atoms with E-state index in [2.05, 4.69) is 29.3 Å². The van der Waals surface area contributed by atoms with Gasteiger partial charge in [-0.2, -0.15) is 0 Å². The normalized spacial score (nSPS) is 26.7. The quantitative estimate of drug-likeness (QED) is 0.902. The van der Waals surface area contributed by atoms with E-state index in [0.29, 0.717) is 11.8 Å². The second-order valence-electron chi connectivity index (χ2n) is 6.43. The first-order valence-corrected chi connectivity index (χ1v) is 8.40. The molecule has 21 heavy (non-hydrogen) atoms. The molecule has 1 heterocycles. The van der Waals surface area contributed by atoms with Crippen molar-refractivity contribution in [2.45, 2.75) is 57.7 Å². The van der Waals surface area contributed by atoms with E-state index in [-0.39, 0.29) is 12.2 Å². The highest BCUT2D eigenvalue weighted by Gasteiger charge is 2.42. The number of hydrogen-bond acceptors (Lipinski definition) is 2. The number of benzene rings is 1. The van der Waals surface area contributed by atoms with E-state index in [0.717, 1.165) is 19.4 Å². The molecule has 1 aromatic carbocycles. The van der Waals surface area contributed by atoms with Gasteiger partial charge in [-0.05, 0) is 37.2 Å². The minimum Gasteiger partial charge on any atom is -0.326 e. The molecule has 1 aliphatic heterocycles. The molecule has 1 aliphatic carbocycles. The smallest absolute Gasteiger partial charge is 0.241 e. The van der Waals surface area contributed by atoms with Gasteiger partial charge in [0.15, 0.2) is 0 Å². The third-order valence-corrected chi connectivity index (χ3v) is 4.88. The third kappa shape index (κ3) is 3.13. The molecule has 1 saturated carbocycles. The summed E-state index contributed by atoms with van der Waals surface area (Å²) < 4.78 is 0. The SMILES string of the molecule is CCCN1C(=O)C(Cc2ccccc2)NC1C1CCCC1. The van der Waals surface area contributed by atoms with Crippen LogP contribution in [0.5, 0.6) is 0 Å². The van der Waals surface area contributed by atoms with Crippen LogP contribution < -0.4 is 5.32 Å². The summed E-state index contributed by atoms with van der Waals surface area (Å²) >= 11 is 0. The summed E-state index contributed by atoms with van der Waals surface area (Å²) in [5, 5.41) is 3.64. The molecule has 1 N–H and O–H groups in total. The van der Waals surface area contributed by atoms with Gasteiger partial charge >= 0.3 is 0 Å². The van der Waals surface area contributed by atoms with Crippen LogP contribution in [0.4, 0.5) is 0 Å². The van der Waals surface area contributed by atoms with Crippen LogP contribution >= 0.6 is 0 Å². The lowest BCUT2D eigenvalue weighted by molar-refractivity contribution is -0.130. The summed E-state index contributed by atoms with van der Waals surface area (Å²) in [4.78, 5) is 14.8. The maximum atomic E-state index is 12.7. The highest BCUT2D eigenvalue weighted by Crippen LogP contribution is 2.32. The fourth-order valence-corrected chi connectivity index (χ4v) is 3.85. The van der Waals surface area contributed by atoms with Crippen molar-refractivity contribution in [1.82, 2.24) is 10.2 Å². The van der Waals surface area contributed by atoms with Crippen molar-refractivity contribution in [3.63, 3.8) is 0 Å². The standard InChI is InChI=1S/C18H26N2O/c1-2-12-20-17(15-10-6-7-11-15)19-16(18(20)21)13-14-8-4-3-5-9-14/h3-5,8-9,15-17,19H,2,6-7,10-13H2,1H3. The second-order valence-corrected chi connectivity index (χ2v) is 6.43. The zero-order valence-electron chi connectivity index (χ0n) is 12.9. The van der Waals surface area contributed by atoms with Crippen molar-refractivity contribution in [1.29, 1.82) is 0 Å². The first-order valence-electron chi connectivity index (χ1n) is 8.40. The molecule has 0 bridgehead atoms. The van der Waals surface area contributed by atoms with E-state index in [4.69, 9.17) is 0 Å². The van der Waals surface area contributed by atoms with Crippen molar-refractivity contribution < 1.29 is 4.79 Å². The largest absolute Gasteiger partial charge is 0.326 e. The van der Waals surface area contributed by atoms with E-state index in [1.807, 2.05) is 18.2 Å². The van der Waals surface area contributed by atoms with Gasteiger partial charge in [-0.15, -0.1) is 0 Å². The Kier molecular flexibility index (Phi) is 4.59. The lowest BCUT2D eigenvalue weighted by Gasteiger charge is -2.28. The molecule has 0 radical (unpaired) electrons. The van der Waals surface area contributed by atoms with E-state index in [1.165, 1.54) is 31.2 Å². The minimum absolute atomic E-state index is 0.0375. The van der Waals surface area contributed by atoms with Gasteiger partial charge in [0.05, 0.1) is 12.2 Å². The predicted molar refractivity (Wildman–Crippen MR) is 84.8 cm³/mol. The number of nitrogens with zero attached hydrogens (tertiary/aromatic N) is 1. The van der Waals surface area contributed by atoms with Crippen LogP contribution in [-0.2, 0) is 11.2 Å². The van der Waals surface area contributed by atoms with Gasteiger partial charge in [-0.3, -0.25) is 10.1 Å². The van der Waals surface area contributed by atoms with Crippen LogP contribution in [0.1, 0.15) is 44.6 Å². The fraction of sp³-hybridized carbons (Fsp3) is 0.611. The number of rotatable bonds is 5. The van der Waals surface area contributed by atoms with Crippen LogP contribution in [0, 0.1) is 5.92 Å². The summed E-state index contributed by atoms with van der Waals surface area (Å²) in [6.07, 6.45) is 7.29. The highest BCUT2D eigenvalue weighted by atomic mass is 16.2. The Hall–Kier alpha value is -1.35. The Morgan fingerprint density at radius 3 is 2.57 bits per heavy atom. The molecular weight excluding hydrogens is 260 g/mol. The summed E-state index contributed by atoms with van der Waals surface area (Å²) in [5.74, 6) is 0.957. The van der Waals surface area contributed by atoms with E-state index in [9.17, 15) is 4.79 Å². The van der Waals surface area contributed by atoms with Crippen molar-refractivity contribution in [2.24, 2.45) is 5.92 Å². The van der Waals surface area contributed by atoms with Crippen molar-refractivity contribution >= 4 is 5.91 Å². The van der Waals surface area contributed by atoms with Crippen molar-refractivity contribution in [2.75, 3.05) is 6.54 Å². The molecular formula is C18H26N2O. The van der Waals surface area contributed by atoms with E-state index in [1.54, 1.807) is 0 Å². The van der Waals surface area contributed by atoms with Gasteiger partial charge in [0, 0.05) is 6.54 Å². The zero-order valence-corrected chi connectivity index (χ0v) is 12.9. The molecule has 2 atom stereocenters. The molecule has 2 unspecified atom stereocenters. The topological polar surface area (TPSA) is 32.3 Å². The number of hydrogen-bond donors (Lipinski definition) is 1. The number of nitrogens with one attached hydrogen (secondary N) is 1. The monoisotopic (exact) mass is 286 g/mol. The molecule has 114 valence electrons. The van der Waals surface area contributed by atoms with Crippen LogP contribution in [0.3, 0.4) is 0 Å². The average Bonchev–Trinajstić information content (AvgIpc) is 3.12. The zero-order chi connectivity index (χ0) is 14.7. The van der Waals surface area contributed by atoms with Crippen LogP contribution in [-0.4, -0.2) is 29.6 Å². The molecule has 1 aromatic rings. The first kappa shape index (κ1) is 14.6. The Labute approximate surface area is 127 Å². The summed E-state index contributed by atoms with van der Waals surface area (Å²) in [6.45, 7) is 3.04. The van der Waals surface area contributed by atoms with E-state index >= 15 is 0 Å². The van der Waals surface area contributed by atoms with E-state index < -0.39 is 0 Å². The Morgan fingerprint density at radius 1 is 1.19 bits per heavy atom. The molecule has 0 spiro atoms. The molecule has 3 rings (SSSR count). The molecule has 3 nitrogen and oxygen atoms in total. The van der Waals surface area contributed by atoms with Gasteiger partial charge in [0.1, 0.15) is 0 Å². The Balaban J connectivity index is 1.72. The molecule has 1 saturated heterocycles. The van der Waals surface area contributed by atoms with Crippen molar-refractivity contribution in [3.05, 3.63) is 35.9 Å². The van der Waals surface area contributed by atoms with Crippen LogP contribution in [0.2, 0.25) is 0 Å². The van der Waals surface area contributed by atoms with Crippen LogP contribution in [0.25, 0.3) is 0 Å². The van der Waals surface area contributed by atoms with Gasteiger partial charge in [-0.25, -0.2) is 0 Å². The summed E-state index contributed by atoms with van der Waals surface area (Å²) in [5.41, 5.74) is 1.24. The van der Waals surface area contributed by atoms with Gasteiger partial charge < -0.3 is 4.90 Å². The number of carbonyl (C=O) groups excluding carboxylic acids is 1. The first-order chi connectivity index (χ1) is 10.3. The van der Waals surface area contributed by atoms with Gasteiger partial charge in [0.2, 0.25) is 5.91 Å². The maximum absolute atomic E-state index is 12.7. The lowest BCUT2D eigenvalue weighted by Crippen LogP contribution is -2.43. The molecule has 2 aliphatic rings. The van der Waals surface area contributed by atoms with Gasteiger partial charge in [-0.1, -0.05) is 50.1 Å². The molecule has 2 fully saturated rings. The van der Waals surface area contributed by atoms with Crippen LogP contribution in [0.15, 0.2) is 30.3 Å².